The lowest BCUT2D eigenvalue weighted by atomic mass is 10.0. The van der Waals surface area contributed by atoms with Gasteiger partial charge in [-0.25, -0.2) is 0 Å². The third-order valence-corrected chi connectivity index (χ3v) is 4.46. The average Bonchev–Trinajstić information content (AvgIpc) is 2.71. The summed E-state index contributed by atoms with van der Waals surface area (Å²) in [6, 6.07) is 14.5. The normalized spacial score (nSPS) is 15.5. The fourth-order valence-electron chi connectivity index (χ4n) is 3.02. The van der Waals surface area contributed by atoms with Gasteiger partial charge < -0.3 is 14.8 Å². The van der Waals surface area contributed by atoms with Crippen LogP contribution in [0.25, 0.3) is 6.08 Å². The first-order valence-corrected chi connectivity index (χ1v) is 9.86. The zero-order chi connectivity index (χ0) is 21.3. The topological polar surface area (TPSA) is 64.6 Å². The molecule has 0 aliphatic heterocycles. The Morgan fingerprint density at radius 2 is 2.00 bits per heavy atom. The Morgan fingerprint density at radius 1 is 1.17 bits per heavy atom. The minimum Gasteiger partial charge on any atom is -0.489 e. The number of anilines is 1. The predicted molar refractivity (Wildman–Crippen MR) is 118 cm³/mol. The Kier molecular flexibility index (Phi) is 7.22. The summed E-state index contributed by atoms with van der Waals surface area (Å²) in [4.78, 5) is 23.5. The lowest BCUT2D eigenvalue weighted by molar-refractivity contribution is -0.131. The lowest BCUT2D eigenvalue weighted by Gasteiger charge is -2.15. The smallest absolute Gasteiger partial charge is 0.308 e. The van der Waals surface area contributed by atoms with Gasteiger partial charge in [0, 0.05) is 24.3 Å². The van der Waals surface area contributed by atoms with Crippen LogP contribution in [0.4, 0.5) is 5.69 Å². The van der Waals surface area contributed by atoms with Crippen molar-refractivity contribution in [2.45, 2.75) is 26.9 Å². The average molecular weight is 403 g/mol. The molecule has 2 aromatic carbocycles. The zero-order valence-electron chi connectivity index (χ0n) is 17.1. The van der Waals surface area contributed by atoms with Crippen molar-refractivity contribution in [2.24, 2.45) is 5.92 Å². The van der Waals surface area contributed by atoms with Gasteiger partial charge in [-0.2, -0.15) is 0 Å². The third-order valence-electron chi connectivity index (χ3n) is 4.46. The number of ether oxygens (including phenoxy) is 2. The molecule has 5 heteroatoms. The molecule has 0 spiro atoms. The van der Waals surface area contributed by atoms with Crippen LogP contribution in [0, 0.1) is 5.92 Å². The van der Waals surface area contributed by atoms with Gasteiger partial charge in [-0.15, -0.1) is 0 Å². The van der Waals surface area contributed by atoms with Crippen molar-refractivity contribution in [1.29, 1.82) is 0 Å². The van der Waals surface area contributed by atoms with Gasteiger partial charge in [-0.05, 0) is 54.3 Å². The summed E-state index contributed by atoms with van der Waals surface area (Å²) in [5.74, 6) is 1.10. The molecule has 0 bridgehead atoms. The molecule has 154 valence electrons. The summed E-state index contributed by atoms with van der Waals surface area (Å²) in [7, 11) is 0. The van der Waals surface area contributed by atoms with Gasteiger partial charge in [-0.1, -0.05) is 43.3 Å². The van der Waals surface area contributed by atoms with Crippen LogP contribution in [0.2, 0.25) is 0 Å². The highest BCUT2D eigenvalue weighted by Crippen LogP contribution is 2.21. The van der Waals surface area contributed by atoms with Crippen molar-refractivity contribution < 1.29 is 19.1 Å². The zero-order valence-corrected chi connectivity index (χ0v) is 17.1. The molecule has 0 fully saturated rings. The molecule has 1 unspecified atom stereocenters. The largest absolute Gasteiger partial charge is 0.489 e. The quantitative estimate of drug-likeness (QED) is 0.389. The molecular formula is C25H25NO4. The van der Waals surface area contributed by atoms with Crippen LogP contribution in [0.1, 0.15) is 31.4 Å². The van der Waals surface area contributed by atoms with E-state index in [0.717, 1.165) is 23.3 Å². The third kappa shape index (κ3) is 6.48. The standard InChI is InChI=1S/C25H25NO4/c1-18-7-5-10-22(15-18)29-17-21-9-3-4-12-24(21)26-25(28)14-13-20-8-6-11-23(16-20)30-19(2)27/h3-6,8-16,18H,7,17H2,1-2H3,(H,26,28)/b14-13+. The van der Waals surface area contributed by atoms with E-state index < -0.39 is 0 Å². The molecule has 1 N–H and O–H groups in total. The highest BCUT2D eigenvalue weighted by atomic mass is 16.5. The Labute approximate surface area is 176 Å². The summed E-state index contributed by atoms with van der Waals surface area (Å²) in [5, 5.41) is 2.90. The molecule has 3 rings (SSSR count). The lowest BCUT2D eigenvalue weighted by Crippen LogP contribution is -2.10. The molecule has 5 nitrogen and oxygen atoms in total. The number of rotatable bonds is 7. The summed E-state index contributed by atoms with van der Waals surface area (Å²) in [6.45, 7) is 3.86. The van der Waals surface area contributed by atoms with E-state index in [1.807, 2.05) is 36.4 Å². The van der Waals surface area contributed by atoms with Crippen LogP contribution in [-0.4, -0.2) is 11.9 Å². The van der Waals surface area contributed by atoms with E-state index in [-0.39, 0.29) is 11.9 Å². The second-order valence-corrected chi connectivity index (χ2v) is 7.12. The number of amides is 1. The maximum absolute atomic E-state index is 12.4. The van der Waals surface area contributed by atoms with E-state index >= 15 is 0 Å². The van der Waals surface area contributed by atoms with Crippen molar-refractivity contribution in [3.05, 3.63) is 89.7 Å². The van der Waals surface area contributed by atoms with Crippen molar-refractivity contribution in [3.63, 3.8) is 0 Å². The van der Waals surface area contributed by atoms with Crippen LogP contribution in [-0.2, 0) is 20.9 Å². The van der Waals surface area contributed by atoms with E-state index in [4.69, 9.17) is 9.47 Å². The number of para-hydroxylation sites is 1. The van der Waals surface area contributed by atoms with E-state index in [0.29, 0.717) is 24.0 Å². The Bertz CT molecular complexity index is 1000. The predicted octanol–water partition coefficient (Wildman–Crippen LogP) is 5.26. The van der Waals surface area contributed by atoms with Crippen LogP contribution < -0.4 is 10.1 Å². The first kappa shape index (κ1) is 21.1. The van der Waals surface area contributed by atoms with Gasteiger partial charge in [-0.3, -0.25) is 9.59 Å². The highest BCUT2D eigenvalue weighted by Gasteiger charge is 2.08. The summed E-state index contributed by atoms with van der Waals surface area (Å²) in [6.07, 6.45) is 10.3. The summed E-state index contributed by atoms with van der Waals surface area (Å²) in [5.41, 5.74) is 2.35. The van der Waals surface area contributed by atoms with E-state index in [1.165, 1.54) is 13.0 Å². The van der Waals surface area contributed by atoms with Crippen LogP contribution >= 0.6 is 0 Å². The number of benzene rings is 2. The second kappa shape index (κ2) is 10.3. The molecule has 0 saturated carbocycles. The molecular weight excluding hydrogens is 378 g/mol. The molecule has 1 aliphatic rings. The fourth-order valence-corrected chi connectivity index (χ4v) is 3.02. The number of carbonyl (C=O) groups is 2. The first-order chi connectivity index (χ1) is 14.5. The van der Waals surface area contributed by atoms with Crippen LogP contribution in [0.5, 0.6) is 5.75 Å². The number of nitrogens with one attached hydrogen (secondary N) is 1. The number of allylic oxidation sites excluding steroid dienone is 3. The van der Waals surface area contributed by atoms with Crippen molar-refractivity contribution in [1.82, 2.24) is 0 Å². The van der Waals surface area contributed by atoms with Crippen molar-refractivity contribution >= 4 is 23.6 Å². The number of esters is 1. The van der Waals surface area contributed by atoms with Crippen LogP contribution in [0.15, 0.2) is 78.6 Å². The minimum atomic E-state index is -0.387. The second-order valence-electron chi connectivity index (χ2n) is 7.12. The molecule has 0 saturated heterocycles. The Morgan fingerprint density at radius 3 is 2.80 bits per heavy atom. The summed E-state index contributed by atoms with van der Waals surface area (Å²) < 4.78 is 11.0. The SMILES string of the molecule is CC(=O)Oc1cccc(/C=C/C(=O)Nc2ccccc2COC2=CC(C)CC=C2)c1. The van der Waals surface area contributed by atoms with E-state index in [9.17, 15) is 9.59 Å². The molecule has 1 amide bonds. The molecule has 2 aromatic rings. The van der Waals surface area contributed by atoms with E-state index in [2.05, 4.69) is 24.4 Å². The number of hydrogen-bond donors (Lipinski definition) is 1. The molecule has 0 aromatic heterocycles. The van der Waals surface area contributed by atoms with Gasteiger partial charge in [0.25, 0.3) is 0 Å². The van der Waals surface area contributed by atoms with Crippen molar-refractivity contribution in [3.8, 4) is 5.75 Å². The number of carbonyl (C=O) groups excluding carboxylic acids is 2. The molecule has 1 atom stereocenters. The monoisotopic (exact) mass is 403 g/mol. The maximum Gasteiger partial charge on any atom is 0.308 e. The fraction of sp³-hybridized carbons (Fsp3) is 0.200. The van der Waals surface area contributed by atoms with Gasteiger partial charge >= 0.3 is 5.97 Å². The van der Waals surface area contributed by atoms with E-state index in [1.54, 1.807) is 24.3 Å². The molecule has 30 heavy (non-hydrogen) atoms. The minimum absolute atomic E-state index is 0.259. The van der Waals surface area contributed by atoms with Gasteiger partial charge in [0.15, 0.2) is 0 Å². The number of hydrogen-bond acceptors (Lipinski definition) is 4. The van der Waals surface area contributed by atoms with Crippen molar-refractivity contribution in [2.75, 3.05) is 5.32 Å². The maximum atomic E-state index is 12.4. The van der Waals surface area contributed by atoms with Gasteiger partial charge in [0.2, 0.25) is 5.91 Å². The summed E-state index contributed by atoms with van der Waals surface area (Å²) >= 11 is 0. The van der Waals surface area contributed by atoms with Gasteiger partial charge in [0.1, 0.15) is 18.1 Å². The Hall–Kier alpha value is -3.60. The first-order valence-electron chi connectivity index (χ1n) is 9.86. The van der Waals surface area contributed by atoms with Gasteiger partial charge in [0.05, 0.1) is 0 Å². The molecule has 0 radical (unpaired) electrons. The molecule has 0 heterocycles. The molecule has 1 aliphatic carbocycles. The Balaban J connectivity index is 1.62. The van der Waals surface area contributed by atoms with Crippen LogP contribution in [0.3, 0.4) is 0 Å². The highest BCUT2D eigenvalue weighted by molar-refractivity contribution is 6.02.